The van der Waals surface area contributed by atoms with E-state index in [1.807, 2.05) is 36.7 Å². The molecule has 25 heavy (non-hydrogen) atoms. The number of alkyl halides is 2. The summed E-state index contributed by atoms with van der Waals surface area (Å²) >= 11 is 0. The van der Waals surface area contributed by atoms with Gasteiger partial charge in [0.1, 0.15) is 11.3 Å². The van der Waals surface area contributed by atoms with Crippen molar-refractivity contribution in [3.05, 3.63) is 65.4 Å². The monoisotopic (exact) mass is 343 g/mol. The van der Waals surface area contributed by atoms with Crippen LogP contribution in [-0.2, 0) is 6.54 Å². The van der Waals surface area contributed by atoms with Crippen LogP contribution in [0, 0.1) is 5.82 Å². The van der Waals surface area contributed by atoms with Gasteiger partial charge < -0.3 is 4.57 Å². The van der Waals surface area contributed by atoms with Crippen LogP contribution in [0.4, 0.5) is 13.2 Å². The lowest BCUT2D eigenvalue weighted by molar-refractivity contribution is 0.153. The first kappa shape index (κ1) is 15.9. The Morgan fingerprint density at radius 1 is 1.16 bits per heavy atom. The number of rotatable bonds is 2. The lowest BCUT2D eigenvalue weighted by atomic mass is 9.95. The highest BCUT2D eigenvalue weighted by molar-refractivity contribution is 6.15. The number of fused-ring (bicyclic) bond motifs is 2. The molecule has 0 radical (unpaired) electrons. The van der Waals surface area contributed by atoms with E-state index >= 15 is 0 Å². The van der Waals surface area contributed by atoms with E-state index < -0.39 is 17.8 Å². The summed E-state index contributed by atoms with van der Waals surface area (Å²) in [5.41, 5.74) is 0.772. The fourth-order valence-corrected chi connectivity index (χ4v) is 3.41. The maximum absolute atomic E-state index is 14.0. The van der Waals surface area contributed by atoms with E-state index in [4.69, 9.17) is 4.99 Å². The van der Waals surface area contributed by atoms with Crippen LogP contribution in [0.25, 0.3) is 10.9 Å². The van der Waals surface area contributed by atoms with E-state index in [1.54, 1.807) is 0 Å². The molecule has 3 aromatic rings. The maximum atomic E-state index is 14.0. The van der Waals surface area contributed by atoms with E-state index in [0.717, 1.165) is 5.69 Å². The van der Waals surface area contributed by atoms with Gasteiger partial charge in [0.05, 0.1) is 16.9 Å². The average molecular weight is 343 g/mol. The smallest absolute Gasteiger partial charge is 0.265 e. The third-order valence-corrected chi connectivity index (χ3v) is 4.41. The number of hydrogen-bond acceptors (Lipinski definition) is 2. The van der Waals surface area contributed by atoms with Crippen molar-refractivity contribution < 1.29 is 13.2 Å². The number of nitrogens with zero attached hydrogens (tertiary/aromatic N) is 3. The Kier molecular flexibility index (Phi) is 3.45. The van der Waals surface area contributed by atoms with Crippen LogP contribution >= 0.6 is 0 Å². The Morgan fingerprint density at radius 3 is 2.72 bits per heavy atom. The van der Waals surface area contributed by atoms with Gasteiger partial charge in [-0.15, -0.1) is 0 Å². The zero-order valence-electron chi connectivity index (χ0n) is 13.8. The molecule has 0 bridgehead atoms. The summed E-state index contributed by atoms with van der Waals surface area (Å²) < 4.78 is 43.8. The normalized spacial score (nSPS) is 16.2. The second-order valence-corrected chi connectivity index (χ2v) is 6.82. The van der Waals surface area contributed by atoms with Crippen LogP contribution < -0.4 is 0 Å². The molecule has 1 aliphatic rings. The predicted octanol–water partition coefficient (Wildman–Crippen LogP) is 4.74. The molecule has 128 valence electrons. The van der Waals surface area contributed by atoms with Crippen LogP contribution in [0.15, 0.2) is 47.7 Å². The van der Waals surface area contributed by atoms with Crippen molar-refractivity contribution in [1.82, 2.24) is 9.55 Å². The van der Waals surface area contributed by atoms with Crippen molar-refractivity contribution in [3.63, 3.8) is 0 Å². The molecule has 0 fully saturated rings. The number of aliphatic imine (C=N–C) groups is 1. The van der Waals surface area contributed by atoms with Crippen molar-refractivity contribution in [2.75, 3.05) is 0 Å². The standard InChI is InChI=1S/C19H16F3N3/c1-19(2)10-25-8-4-7-14(25)17(24-19)12-9-23-16-11(15(12)18(21)22)5-3-6-13(16)20/h3-9,18H,10H2,1-2H3. The summed E-state index contributed by atoms with van der Waals surface area (Å²) in [7, 11) is 0. The quantitative estimate of drug-likeness (QED) is 0.661. The van der Waals surface area contributed by atoms with E-state index in [9.17, 15) is 13.2 Å². The molecule has 0 aliphatic carbocycles. The molecule has 0 saturated carbocycles. The van der Waals surface area contributed by atoms with Gasteiger partial charge in [-0.1, -0.05) is 12.1 Å². The molecule has 1 aromatic carbocycles. The third kappa shape index (κ3) is 2.52. The summed E-state index contributed by atoms with van der Waals surface area (Å²) in [5.74, 6) is -0.611. The van der Waals surface area contributed by atoms with Gasteiger partial charge >= 0.3 is 0 Å². The van der Waals surface area contributed by atoms with E-state index in [-0.39, 0.29) is 22.0 Å². The molecule has 0 amide bonds. The van der Waals surface area contributed by atoms with Crippen molar-refractivity contribution >= 4 is 16.6 Å². The van der Waals surface area contributed by atoms with Gasteiger partial charge in [-0.05, 0) is 32.0 Å². The lowest BCUT2D eigenvalue weighted by Crippen LogP contribution is -2.33. The molecule has 6 heteroatoms. The van der Waals surface area contributed by atoms with E-state index in [1.165, 1.54) is 24.4 Å². The zero-order valence-corrected chi connectivity index (χ0v) is 13.8. The Labute approximate surface area is 142 Å². The Hall–Kier alpha value is -2.63. The first-order chi connectivity index (χ1) is 11.9. The molecular weight excluding hydrogens is 327 g/mol. The van der Waals surface area contributed by atoms with E-state index in [0.29, 0.717) is 12.3 Å². The summed E-state index contributed by atoms with van der Waals surface area (Å²) in [5, 5.41) is 0.122. The molecular formula is C19H16F3N3. The highest BCUT2D eigenvalue weighted by Crippen LogP contribution is 2.34. The third-order valence-electron chi connectivity index (χ3n) is 4.41. The first-order valence-corrected chi connectivity index (χ1v) is 7.98. The van der Waals surface area contributed by atoms with Crippen molar-refractivity contribution in [3.8, 4) is 0 Å². The second kappa shape index (κ2) is 5.44. The molecule has 0 spiro atoms. The summed E-state index contributed by atoms with van der Waals surface area (Å²) in [6, 6.07) is 7.83. The number of halogens is 3. The van der Waals surface area contributed by atoms with Gasteiger partial charge in [0.25, 0.3) is 6.43 Å². The van der Waals surface area contributed by atoms with Gasteiger partial charge in [-0.25, -0.2) is 13.2 Å². The first-order valence-electron chi connectivity index (χ1n) is 7.98. The van der Waals surface area contributed by atoms with Gasteiger partial charge in [0.2, 0.25) is 0 Å². The molecule has 1 aliphatic heterocycles. The minimum absolute atomic E-state index is 0.0485. The lowest BCUT2D eigenvalue weighted by Gasteiger charge is -2.30. The largest absolute Gasteiger partial charge is 0.344 e. The number of aromatic nitrogens is 2. The SMILES string of the molecule is CC1(C)Cn2cccc2C(c2cnc3c(F)cccc3c2C(F)F)=N1. The maximum Gasteiger partial charge on any atom is 0.265 e. The molecule has 0 saturated heterocycles. The van der Waals surface area contributed by atoms with Crippen LogP contribution in [-0.4, -0.2) is 20.8 Å². The second-order valence-electron chi connectivity index (χ2n) is 6.82. The highest BCUT2D eigenvalue weighted by atomic mass is 19.3. The van der Waals surface area contributed by atoms with E-state index in [2.05, 4.69) is 4.98 Å². The van der Waals surface area contributed by atoms with Gasteiger partial charge in [-0.3, -0.25) is 9.98 Å². The number of benzene rings is 1. The Balaban J connectivity index is 2.05. The summed E-state index contributed by atoms with van der Waals surface area (Å²) in [4.78, 5) is 8.80. The molecule has 3 nitrogen and oxygen atoms in total. The van der Waals surface area contributed by atoms with Crippen molar-refractivity contribution in [2.45, 2.75) is 32.4 Å². The van der Waals surface area contributed by atoms with Crippen LogP contribution in [0.3, 0.4) is 0 Å². The summed E-state index contributed by atoms with van der Waals surface area (Å²) in [6.45, 7) is 4.57. The number of pyridine rings is 1. The predicted molar refractivity (Wildman–Crippen MR) is 90.8 cm³/mol. The summed E-state index contributed by atoms with van der Waals surface area (Å²) in [6.07, 6.45) is 0.449. The fourth-order valence-electron chi connectivity index (χ4n) is 3.41. The molecule has 4 rings (SSSR count). The average Bonchev–Trinajstić information content (AvgIpc) is 3.00. The fraction of sp³-hybridized carbons (Fsp3) is 0.263. The highest BCUT2D eigenvalue weighted by Gasteiger charge is 2.30. The van der Waals surface area contributed by atoms with Crippen LogP contribution in [0.1, 0.15) is 37.1 Å². The Bertz CT molecular complexity index is 1000. The molecule has 0 N–H and O–H groups in total. The van der Waals surface area contributed by atoms with Crippen molar-refractivity contribution in [2.24, 2.45) is 4.99 Å². The zero-order chi connectivity index (χ0) is 17.8. The van der Waals surface area contributed by atoms with Crippen LogP contribution in [0.5, 0.6) is 0 Å². The molecule has 3 heterocycles. The molecule has 0 atom stereocenters. The van der Waals surface area contributed by atoms with Gasteiger partial charge in [0.15, 0.2) is 0 Å². The number of hydrogen-bond donors (Lipinski definition) is 0. The van der Waals surface area contributed by atoms with Gasteiger partial charge in [0, 0.05) is 35.5 Å². The Morgan fingerprint density at radius 2 is 1.96 bits per heavy atom. The minimum atomic E-state index is -2.77. The van der Waals surface area contributed by atoms with Crippen molar-refractivity contribution in [1.29, 1.82) is 0 Å². The van der Waals surface area contributed by atoms with Crippen LogP contribution in [0.2, 0.25) is 0 Å². The molecule has 2 aromatic heterocycles. The van der Waals surface area contributed by atoms with Gasteiger partial charge in [-0.2, -0.15) is 0 Å². The minimum Gasteiger partial charge on any atom is -0.344 e. The molecule has 0 unspecified atom stereocenters. The topological polar surface area (TPSA) is 30.2 Å². The number of para-hydroxylation sites is 1.